The molecule has 0 aromatic heterocycles. The summed E-state index contributed by atoms with van der Waals surface area (Å²) in [4.78, 5) is 13.2. The molecule has 2 N–H and O–H groups in total. The predicted octanol–water partition coefficient (Wildman–Crippen LogP) is 0.645. The molecule has 1 fully saturated rings. The van der Waals surface area contributed by atoms with E-state index < -0.39 is 12.8 Å². The number of amides is 1. The molecular weight excluding hydrogens is 279 g/mol. The minimum Gasteiger partial charge on any atom is -0.394 e. The summed E-state index contributed by atoms with van der Waals surface area (Å²) >= 11 is 0. The number of aliphatic hydroxyl groups is 1. The van der Waals surface area contributed by atoms with E-state index in [1.165, 1.54) is 0 Å². The first kappa shape index (κ1) is 15.9. The Hall–Kier alpha value is -1.44. The summed E-state index contributed by atoms with van der Waals surface area (Å²) in [6, 6.07) is 0. The van der Waals surface area contributed by atoms with Gasteiger partial charge < -0.3 is 24.8 Å². The number of rotatable bonds is 6. The van der Waals surface area contributed by atoms with Crippen LogP contribution in [0.1, 0.15) is 19.8 Å². The monoisotopic (exact) mass is 300 g/mol. The Morgan fingerprint density at radius 2 is 2.43 bits per heavy atom. The van der Waals surface area contributed by atoms with Crippen LogP contribution >= 0.6 is 0 Å². The topological polar surface area (TPSA) is 71.0 Å². The Morgan fingerprint density at radius 1 is 1.67 bits per heavy atom. The summed E-state index contributed by atoms with van der Waals surface area (Å²) in [5.74, 6) is 0.236. The fourth-order valence-electron chi connectivity index (χ4n) is 2.40. The van der Waals surface area contributed by atoms with Crippen molar-refractivity contribution < 1.29 is 23.8 Å². The van der Waals surface area contributed by atoms with Gasteiger partial charge >= 0.3 is 0 Å². The zero-order valence-corrected chi connectivity index (χ0v) is 12.0. The first-order valence-electron chi connectivity index (χ1n) is 6.97. The SMILES string of the molecule is C=C1NC(=O)C(C)=CN1[C@H]1CC(OCCCF)[C@@H](CO)O1. The number of halogens is 1. The van der Waals surface area contributed by atoms with E-state index in [1.807, 2.05) is 0 Å². The van der Waals surface area contributed by atoms with Crippen molar-refractivity contribution in [3.05, 3.63) is 24.2 Å². The van der Waals surface area contributed by atoms with Gasteiger partial charge in [-0.05, 0) is 13.3 Å². The van der Waals surface area contributed by atoms with E-state index in [9.17, 15) is 14.3 Å². The second-order valence-electron chi connectivity index (χ2n) is 5.12. The van der Waals surface area contributed by atoms with Crippen LogP contribution in [-0.4, -0.2) is 54.2 Å². The highest BCUT2D eigenvalue weighted by Crippen LogP contribution is 2.29. The maximum absolute atomic E-state index is 12.1. The minimum absolute atomic E-state index is 0.174. The number of hydrogen-bond donors (Lipinski definition) is 2. The third kappa shape index (κ3) is 3.61. The Labute approximate surface area is 123 Å². The number of nitrogens with zero attached hydrogens (tertiary/aromatic N) is 1. The zero-order chi connectivity index (χ0) is 15.4. The molecule has 2 aliphatic heterocycles. The maximum Gasteiger partial charge on any atom is 0.253 e. The highest BCUT2D eigenvalue weighted by atomic mass is 19.1. The molecule has 1 saturated heterocycles. The van der Waals surface area contributed by atoms with Crippen LogP contribution in [0.5, 0.6) is 0 Å². The van der Waals surface area contributed by atoms with Gasteiger partial charge in [0, 0.05) is 24.8 Å². The van der Waals surface area contributed by atoms with E-state index in [0.717, 1.165) is 0 Å². The fourth-order valence-corrected chi connectivity index (χ4v) is 2.40. The Morgan fingerprint density at radius 3 is 3.10 bits per heavy atom. The third-order valence-electron chi connectivity index (χ3n) is 3.54. The molecule has 1 unspecified atom stereocenters. The molecule has 6 nitrogen and oxygen atoms in total. The van der Waals surface area contributed by atoms with Crippen LogP contribution in [0.25, 0.3) is 0 Å². The number of nitrogens with one attached hydrogen (secondary N) is 1. The van der Waals surface area contributed by atoms with Crippen molar-refractivity contribution in [3.63, 3.8) is 0 Å². The Kier molecular flexibility index (Phi) is 5.33. The van der Waals surface area contributed by atoms with E-state index in [1.54, 1.807) is 18.0 Å². The fraction of sp³-hybridized carbons (Fsp3) is 0.643. The summed E-state index contributed by atoms with van der Waals surface area (Å²) in [5.41, 5.74) is 0.549. The van der Waals surface area contributed by atoms with E-state index in [4.69, 9.17) is 9.47 Å². The average molecular weight is 300 g/mol. The lowest BCUT2D eigenvalue weighted by molar-refractivity contribution is -0.118. The van der Waals surface area contributed by atoms with Crippen molar-refractivity contribution in [3.8, 4) is 0 Å². The number of aliphatic hydroxyl groups excluding tert-OH is 1. The molecule has 0 aromatic rings. The molecule has 0 aliphatic carbocycles. The van der Waals surface area contributed by atoms with Gasteiger partial charge in [0.25, 0.3) is 5.91 Å². The van der Waals surface area contributed by atoms with Gasteiger partial charge in [-0.2, -0.15) is 0 Å². The molecule has 1 amide bonds. The summed E-state index contributed by atoms with van der Waals surface area (Å²) in [6.07, 6.45) is 1.37. The number of carbonyl (C=O) groups excluding carboxylic acids is 1. The Balaban J connectivity index is 2.01. The third-order valence-corrected chi connectivity index (χ3v) is 3.54. The van der Waals surface area contributed by atoms with Crippen LogP contribution in [-0.2, 0) is 14.3 Å². The lowest BCUT2D eigenvalue weighted by atomic mass is 10.1. The summed E-state index contributed by atoms with van der Waals surface area (Å²) in [7, 11) is 0. The van der Waals surface area contributed by atoms with Gasteiger partial charge in [0.15, 0.2) is 0 Å². The van der Waals surface area contributed by atoms with Gasteiger partial charge in [-0.3, -0.25) is 9.18 Å². The van der Waals surface area contributed by atoms with Crippen LogP contribution in [0.15, 0.2) is 24.2 Å². The summed E-state index contributed by atoms with van der Waals surface area (Å²) in [5, 5.41) is 12.0. The number of hydrogen-bond acceptors (Lipinski definition) is 5. The first-order chi connectivity index (χ1) is 10.1. The number of ether oxygens (including phenoxy) is 2. The molecule has 0 spiro atoms. The second kappa shape index (κ2) is 7.02. The summed E-state index contributed by atoms with van der Waals surface area (Å²) < 4.78 is 23.4. The van der Waals surface area contributed by atoms with Gasteiger partial charge in [-0.25, -0.2) is 0 Å². The van der Waals surface area contributed by atoms with Crippen molar-refractivity contribution in [2.75, 3.05) is 19.9 Å². The molecule has 0 aromatic carbocycles. The second-order valence-corrected chi connectivity index (χ2v) is 5.12. The molecule has 0 radical (unpaired) electrons. The quantitative estimate of drug-likeness (QED) is 0.705. The number of alkyl halides is 1. The molecule has 0 saturated carbocycles. The molecular formula is C14H21FN2O4. The maximum atomic E-state index is 12.1. The van der Waals surface area contributed by atoms with E-state index >= 15 is 0 Å². The molecule has 2 heterocycles. The molecule has 118 valence electrons. The van der Waals surface area contributed by atoms with Crippen LogP contribution in [0, 0.1) is 0 Å². The van der Waals surface area contributed by atoms with Gasteiger partial charge in [0.1, 0.15) is 18.2 Å². The van der Waals surface area contributed by atoms with Gasteiger partial charge in [-0.15, -0.1) is 0 Å². The smallest absolute Gasteiger partial charge is 0.253 e. The predicted molar refractivity (Wildman–Crippen MR) is 73.6 cm³/mol. The van der Waals surface area contributed by atoms with Gasteiger partial charge in [-0.1, -0.05) is 6.58 Å². The molecule has 0 bridgehead atoms. The largest absolute Gasteiger partial charge is 0.394 e. The highest BCUT2D eigenvalue weighted by molar-refractivity contribution is 5.94. The highest BCUT2D eigenvalue weighted by Gasteiger charge is 2.39. The molecule has 21 heavy (non-hydrogen) atoms. The van der Waals surface area contributed by atoms with Crippen molar-refractivity contribution in [1.29, 1.82) is 0 Å². The van der Waals surface area contributed by atoms with Crippen LogP contribution in [0.2, 0.25) is 0 Å². The van der Waals surface area contributed by atoms with Crippen molar-refractivity contribution in [2.45, 2.75) is 38.2 Å². The van der Waals surface area contributed by atoms with Crippen LogP contribution in [0.4, 0.5) is 4.39 Å². The Bertz CT molecular complexity index is 441. The van der Waals surface area contributed by atoms with E-state index in [0.29, 0.717) is 30.8 Å². The molecule has 2 rings (SSSR count). The van der Waals surface area contributed by atoms with Crippen LogP contribution < -0.4 is 5.32 Å². The average Bonchev–Trinajstić information content (AvgIpc) is 2.86. The number of carbonyl (C=O) groups is 1. The first-order valence-corrected chi connectivity index (χ1v) is 6.97. The van der Waals surface area contributed by atoms with E-state index in [2.05, 4.69) is 11.9 Å². The van der Waals surface area contributed by atoms with Crippen molar-refractivity contribution >= 4 is 5.91 Å². The van der Waals surface area contributed by atoms with Crippen LogP contribution in [0.3, 0.4) is 0 Å². The van der Waals surface area contributed by atoms with Crippen molar-refractivity contribution in [2.24, 2.45) is 0 Å². The lowest BCUT2D eigenvalue weighted by Crippen LogP contribution is -2.42. The normalized spacial score (nSPS) is 29.6. The molecule has 2 aliphatic rings. The standard InChI is InChI=1S/C14H21FN2O4/c1-9-7-17(10(2)16-14(9)19)13-6-11(12(8-18)21-13)20-5-3-4-15/h7,11-13,18H,2-6,8H2,1H3,(H,16,19)/t11?,12-,13-/m1/s1. The molecule has 7 heteroatoms. The van der Waals surface area contributed by atoms with Gasteiger partial charge in [0.2, 0.25) is 0 Å². The molecule has 3 atom stereocenters. The van der Waals surface area contributed by atoms with Crippen molar-refractivity contribution in [1.82, 2.24) is 10.2 Å². The zero-order valence-electron chi connectivity index (χ0n) is 12.0. The van der Waals surface area contributed by atoms with E-state index in [-0.39, 0.29) is 24.8 Å². The van der Waals surface area contributed by atoms with Gasteiger partial charge in [0.05, 0.1) is 19.4 Å². The lowest BCUT2D eigenvalue weighted by Gasteiger charge is -2.32. The summed E-state index contributed by atoms with van der Waals surface area (Å²) in [6.45, 7) is 5.17. The minimum atomic E-state index is -0.464.